The van der Waals surface area contributed by atoms with Gasteiger partial charge in [0.25, 0.3) is 0 Å². The number of anilines is 6. The van der Waals surface area contributed by atoms with Crippen LogP contribution in [0.25, 0.3) is 0 Å². The maximum absolute atomic E-state index is 13.1. The molecule has 1 radical (unpaired) electrons. The molecule has 4 aromatic carbocycles. The molecule has 0 aromatic heterocycles. The first-order chi connectivity index (χ1) is 20.8. The minimum absolute atomic E-state index is 0. The van der Waals surface area contributed by atoms with Crippen LogP contribution in [0.15, 0.2) is 110 Å². The number of hydrogen-bond donors (Lipinski definition) is 0. The largest absolute Gasteiger partial charge is 0.510 e. The molecule has 0 N–H and O–H groups in total. The summed E-state index contributed by atoms with van der Waals surface area (Å²) in [5.41, 5.74) is 4.33. The molecule has 0 fully saturated rings. The molecule has 3 aliphatic rings. The fraction of sp³-hybridized carbons (Fsp3) is 0.0882. The van der Waals surface area contributed by atoms with Crippen LogP contribution in [0, 0.1) is 38.2 Å². The molecular weight excluding hydrogens is 742 g/mol. The maximum Gasteiger partial charge on any atom is 0.394 e. The van der Waals surface area contributed by atoms with Crippen molar-refractivity contribution in [1.29, 1.82) is 0 Å². The van der Waals surface area contributed by atoms with Crippen LogP contribution in [0.2, 0.25) is 0 Å². The Balaban J connectivity index is 0.000000171. The predicted octanol–water partition coefficient (Wildman–Crippen LogP) is 7.88. The van der Waals surface area contributed by atoms with Gasteiger partial charge in [-0.15, -0.1) is 47.6 Å². The Kier molecular flexibility index (Phi) is 9.22. The normalized spacial score (nSPS) is 15.4. The number of halogens is 3. The number of hydrogen-bond acceptors (Lipinski definition) is 6. The third-order valence-electron chi connectivity index (χ3n) is 6.80. The summed E-state index contributed by atoms with van der Waals surface area (Å²) in [6.07, 6.45) is 2.47. The van der Waals surface area contributed by atoms with Gasteiger partial charge >= 0.3 is 6.18 Å². The van der Waals surface area contributed by atoms with E-state index < -0.39 is 11.7 Å². The molecule has 3 aliphatic heterocycles. The fourth-order valence-electron chi connectivity index (χ4n) is 4.73. The second-order valence-corrected chi connectivity index (χ2v) is 9.95. The number of nitrogens with zero attached hydrogens (tertiary/aromatic N) is 6. The quantitative estimate of drug-likeness (QED) is 0.196. The number of fused-ring (bicyclic) bond motifs is 1. The smallest absolute Gasteiger partial charge is 0.394 e. The summed E-state index contributed by atoms with van der Waals surface area (Å²) in [6, 6.07) is 36.1. The number of para-hydroxylation sites is 4. The molecule has 10 heteroatoms. The van der Waals surface area contributed by atoms with Gasteiger partial charge in [-0.1, -0.05) is 17.7 Å². The first-order valence-electron chi connectivity index (χ1n) is 13.4. The molecule has 0 unspecified atom stereocenters. The minimum atomic E-state index is -4.41. The van der Waals surface area contributed by atoms with Crippen LogP contribution in [-0.4, -0.2) is 23.9 Å². The van der Waals surface area contributed by atoms with Gasteiger partial charge in [0.05, 0.1) is 0 Å². The van der Waals surface area contributed by atoms with E-state index in [-0.39, 0.29) is 20.1 Å². The summed E-state index contributed by atoms with van der Waals surface area (Å²) in [5.74, 6) is 0. The SMILES string of the molecule is CN1C=CN(c2[c-]c(N3C=CN(C)[CH-]3)cc(C(F)(F)F)c2)[CH-]1.[Ir].[c-]1ccccc1N1[CH-]N(c2[c-]cccc2)c2ccccc21. The van der Waals surface area contributed by atoms with Crippen LogP contribution >= 0.6 is 0 Å². The average Bonchev–Trinajstić information content (AvgIpc) is 3.76. The van der Waals surface area contributed by atoms with E-state index in [0.717, 1.165) is 34.9 Å². The minimum Gasteiger partial charge on any atom is -0.510 e. The van der Waals surface area contributed by atoms with Crippen LogP contribution < -0.4 is 19.6 Å². The second kappa shape index (κ2) is 13.1. The Labute approximate surface area is 269 Å². The van der Waals surface area contributed by atoms with Crippen molar-refractivity contribution in [3.63, 3.8) is 0 Å². The summed E-state index contributed by atoms with van der Waals surface area (Å²) in [5, 5.41) is 0. The Morgan fingerprint density at radius 2 is 1.05 bits per heavy atom. The molecule has 0 spiro atoms. The van der Waals surface area contributed by atoms with Gasteiger partial charge in [0.15, 0.2) is 0 Å². The average molecular weight is 769 g/mol. The Morgan fingerprint density at radius 1 is 0.591 bits per heavy atom. The van der Waals surface area contributed by atoms with Crippen molar-refractivity contribution < 1.29 is 33.3 Å². The Bertz CT molecular complexity index is 1500. The standard InChI is InChI=1S/C19H13N2.C15H14F3N4.Ir/c1-3-9-16(10-4-1)20-15-21(17-11-5-2-6-12-17)19-14-8-7-13-18(19)20;1-19-3-5-21(10-19)13-7-12(15(16,17)18)8-14(9-13)22-6-4-20(2)11-22;/h1-9,11,13-15H;3-8,10-11H,1-2H3;/q2*-3;. The Hall–Kier alpha value is -4.40. The summed E-state index contributed by atoms with van der Waals surface area (Å²) in [4.78, 5) is 11.0. The maximum atomic E-state index is 13.1. The van der Waals surface area contributed by atoms with Crippen molar-refractivity contribution in [3.8, 4) is 0 Å². The number of benzene rings is 4. The van der Waals surface area contributed by atoms with Crippen molar-refractivity contribution in [2.24, 2.45) is 0 Å². The van der Waals surface area contributed by atoms with Gasteiger partial charge in [0, 0.05) is 31.5 Å². The first-order valence-corrected chi connectivity index (χ1v) is 13.4. The molecule has 0 saturated heterocycles. The van der Waals surface area contributed by atoms with Crippen LogP contribution in [0.4, 0.5) is 47.3 Å². The molecule has 0 saturated carbocycles. The molecule has 0 aliphatic carbocycles. The zero-order chi connectivity index (χ0) is 30.0. The molecule has 3 heterocycles. The third-order valence-corrected chi connectivity index (χ3v) is 6.80. The Morgan fingerprint density at radius 3 is 1.41 bits per heavy atom. The van der Waals surface area contributed by atoms with Crippen molar-refractivity contribution >= 4 is 34.1 Å². The molecule has 0 amide bonds. The number of rotatable bonds is 4. The zero-order valence-corrected chi connectivity index (χ0v) is 26.2. The van der Waals surface area contributed by atoms with E-state index >= 15 is 0 Å². The molecule has 4 aromatic rings. The van der Waals surface area contributed by atoms with Crippen molar-refractivity contribution in [3.05, 3.63) is 153 Å². The van der Waals surface area contributed by atoms with E-state index in [1.54, 1.807) is 71.8 Å². The number of alkyl halides is 3. The van der Waals surface area contributed by atoms with E-state index in [1.807, 2.05) is 36.4 Å². The summed E-state index contributed by atoms with van der Waals surface area (Å²) < 4.78 is 39.4. The van der Waals surface area contributed by atoms with E-state index in [9.17, 15) is 13.2 Å². The van der Waals surface area contributed by atoms with Gasteiger partial charge in [-0.25, -0.2) is 0 Å². The fourth-order valence-corrected chi connectivity index (χ4v) is 4.73. The van der Waals surface area contributed by atoms with Gasteiger partial charge in [0.2, 0.25) is 0 Å². The molecule has 6 nitrogen and oxygen atoms in total. The van der Waals surface area contributed by atoms with Crippen LogP contribution in [0.5, 0.6) is 0 Å². The summed E-state index contributed by atoms with van der Waals surface area (Å²) >= 11 is 0. The van der Waals surface area contributed by atoms with E-state index in [1.165, 1.54) is 0 Å². The molecule has 229 valence electrons. The van der Waals surface area contributed by atoms with Crippen LogP contribution in [0.3, 0.4) is 0 Å². The monoisotopic (exact) mass is 769 g/mol. The van der Waals surface area contributed by atoms with Crippen molar-refractivity contribution in [1.82, 2.24) is 9.80 Å². The molecule has 44 heavy (non-hydrogen) atoms. The van der Waals surface area contributed by atoms with E-state index in [2.05, 4.69) is 71.1 Å². The van der Waals surface area contributed by atoms with Crippen LogP contribution in [-0.2, 0) is 26.3 Å². The van der Waals surface area contributed by atoms with Crippen LogP contribution in [0.1, 0.15) is 5.56 Å². The van der Waals surface area contributed by atoms with Crippen molar-refractivity contribution in [2.75, 3.05) is 33.7 Å². The van der Waals surface area contributed by atoms with E-state index in [0.29, 0.717) is 11.4 Å². The van der Waals surface area contributed by atoms with Gasteiger partial charge in [0.1, 0.15) is 0 Å². The molecule has 7 rings (SSSR count). The predicted molar refractivity (Wildman–Crippen MR) is 163 cm³/mol. The zero-order valence-electron chi connectivity index (χ0n) is 23.8. The summed E-state index contributed by atoms with van der Waals surface area (Å²) in [6.45, 7) is 5.46. The summed E-state index contributed by atoms with van der Waals surface area (Å²) in [7, 11) is 3.61. The van der Waals surface area contributed by atoms with Gasteiger partial charge in [-0.05, 0) is 51.0 Å². The van der Waals surface area contributed by atoms with Gasteiger partial charge in [-0.3, -0.25) is 0 Å². The van der Waals surface area contributed by atoms with Gasteiger partial charge in [-0.2, -0.15) is 87.2 Å². The first kappa shape index (κ1) is 31.0. The van der Waals surface area contributed by atoms with E-state index in [4.69, 9.17) is 0 Å². The topological polar surface area (TPSA) is 19.4 Å². The van der Waals surface area contributed by atoms with Gasteiger partial charge < -0.3 is 29.4 Å². The molecular formula is C34H27F3IrN6-6. The third kappa shape index (κ3) is 6.72. The molecule has 0 bridgehead atoms. The second-order valence-electron chi connectivity index (χ2n) is 9.95. The molecule has 0 atom stereocenters. The van der Waals surface area contributed by atoms with Crippen molar-refractivity contribution in [2.45, 2.75) is 6.18 Å².